The lowest BCUT2D eigenvalue weighted by atomic mass is 9.87. The van der Waals surface area contributed by atoms with Gasteiger partial charge in [0.05, 0.1) is 4.90 Å². The zero-order valence-electron chi connectivity index (χ0n) is 17.2. The van der Waals surface area contributed by atoms with Crippen LogP contribution >= 0.6 is 11.3 Å². The van der Waals surface area contributed by atoms with Gasteiger partial charge in [0.2, 0.25) is 15.9 Å². The Morgan fingerprint density at radius 1 is 1.07 bits per heavy atom. The summed E-state index contributed by atoms with van der Waals surface area (Å²) in [4.78, 5) is 26.1. The number of thiazole rings is 1. The molecule has 2 heterocycles. The monoisotopic (exact) mass is 437 g/mol. The van der Waals surface area contributed by atoms with Crippen LogP contribution in [0.25, 0.3) is 0 Å². The number of rotatable bonds is 4. The summed E-state index contributed by atoms with van der Waals surface area (Å²) in [5, 5.41) is 1.73. The summed E-state index contributed by atoms with van der Waals surface area (Å²) < 4.78 is 28.8. The Labute approximate surface area is 175 Å². The summed E-state index contributed by atoms with van der Waals surface area (Å²) in [5.41, 5.74) is 1.79. The SMILES string of the molecule is Cc1csc(=O)n1CC(=O)N1CCN(S(=O)(=O)c2ccc(C(C)(C)C)cc2)CC1. The number of amides is 1. The Bertz CT molecular complexity index is 1040. The van der Waals surface area contributed by atoms with E-state index in [2.05, 4.69) is 20.8 Å². The minimum Gasteiger partial charge on any atom is -0.338 e. The number of aryl methyl sites for hydroxylation is 1. The topological polar surface area (TPSA) is 79.7 Å². The first kappa shape index (κ1) is 21.7. The molecule has 1 fully saturated rings. The maximum atomic E-state index is 12.9. The van der Waals surface area contributed by atoms with E-state index in [1.165, 1.54) is 8.87 Å². The van der Waals surface area contributed by atoms with Crippen molar-refractivity contribution in [1.29, 1.82) is 0 Å². The summed E-state index contributed by atoms with van der Waals surface area (Å²) in [6.45, 7) is 9.15. The highest BCUT2D eigenvalue weighted by atomic mass is 32.2. The highest BCUT2D eigenvalue weighted by Crippen LogP contribution is 2.25. The molecule has 9 heteroatoms. The maximum absolute atomic E-state index is 12.9. The minimum absolute atomic E-state index is 0.00478. The van der Waals surface area contributed by atoms with Crippen LogP contribution in [0.4, 0.5) is 0 Å². The molecule has 0 N–H and O–H groups in total. The number of carbonyl (C=O) groups is 1. The highest BCUT2D eigenvalue weighted by Gasteiger charge is 2.30. The summed E-state index contributed by atoms with van der Waals surface area (Å²) in [6.07, 6.45) is 0. The van der Waals surface area contributed by atoms with Crippen LogP contribution in [0, 0.1) is 6.92 Å². The van der Waals surface area contributed by atoms with Gasteiger partial charge in [-0.05, 0) is 30.0 Å². The van der Waals surface area contributed by atoms with E-state index in [1.54, 1.807) is 29.3 Å². The van der Waals surface area contributed by atoms with Crippen molar-refractivity contribution in [3.05, 3.63) is 50.6 Å². The van der Waals surface area contributed by atoms with Crippen molar-refractivity contribution in [2.75, 3.05) is 26.2 Å². The number of nitrogens with zero attached hydrogens (tertiary/aromatic N) is 3. The van der Waals surface area contributed by atoms with Crippen LogP contribution in [-0.2, 0) is 26.8 Å². The van der Waals surface area contributed by atoms with Gasteiger partial charge in [-0.2, -0.15) is 4.31 Å². The lowest BCUT2D eigenvalue weighted by Gasteiger charge is -2.34. The molecule has 3 rings (SSSR count). The average molecular weight is 438 g/mol. The van der Waals surface area contributed by atoms with E-state index < -0.39 is 10.0 Å². The Balaban J connectivity index is 1.65. The summed E-state index contributed by atoms with van der Waals surface area (Å²) >= 11 is 1.07. The van der Waals surface area contributed by atoms with Gasteiger partial charge in [0, 0.05) is 37.3 Å². The Morgan fingerprint density at radius 3 is 2.14 bits per heavy atom. The van der Waals surface area contributed by atoms with E-state index in [-0.39, 0.29) is 40.7 Å². The number of hydrogen-bond donors (Lipinski definition) is 0. The molecule has 158 valence electrons. The van der Waals surface area contributed by atoms with Crippen LogP contribution in [0.2, 0.25) is 0 Å². The fraction of sp³-hybridized carbons (Fsp3) is 0.500. The first-order valence-corrected chi connectivity index (χ1v) is 11.9. The third-order valence-electron chi connectivity index (χ3n) is 5.22. The van der Waals surface area contributed by atoms with Crippen LogP contribution < -0.4 is 4.87 Å². The summed E-state index contributed by atoms with van der Waals surface area (Å²) in [5.74, 6) is -0.167. The fourth-order valence-electron chi connectivity index (χ4n) is 3.29. The van der Waals surface area contributed by atoms with Crippen LogP contribution in [-0.4, -0.2) is 54.3 Å². The maximum Gasteiger partial charge on any atom is 0.307 e. The molecule has 29 heavy (non-hydrogen) atoms. The lowest BCUT2D eigenvalue weighted by Crippen LogP contribution is -2.51. The molecular weight excluding hydrogens is 410 g/mol. The van der Waals surface area contributed by atoms with Gasteiger partial charge in [0.15, 0.2) is 0 Å². The third kappa shape index (κ3) is 4.62. The molecule has 0 aliphatic carbocycles. The zero-order valence-corrected chi connectivity index (χ0v) is 18.8. The average Bonchev–Trinajstić information content (AvgIpc) is 2.99. The number of hydrogen-bond acceptors (Lipinski definition) is 5. The Morgan fingerprint density at radius 2 is 1.66 bits per heavy atom. The highest BCUT2D eigenvalue weighted by molar-refractivity contribution is 7.89. The predicted molar refractivity (Wildman–Crippen MR) is 114 cm³/mol. The molecule has 0 atom stereocenters. The van der Waals surface area contributed by atoms with Gasteiger partial charge in [-0.15, -0.1) is 0 Å². The van der Waals surface area contributed by atoms with Gasteiger partial charge in [0.25, 0.3) is 0 Å². The van der Waals surface area contributed by atoms with E-state index in [0.29, 0.717) is 13.1 Å². The molecule has 1 aliphatic rings. The quantitative estimate of drug-likeness (QED) is 0.733. The largest absolute Gasteiger partial charge is 0.338 e. The number of piperazine rings is 1. The van der Waals surface area contributed by atoms with Crippen molar-refractivity contribution >= 4 is 27.3 Å². The molecule has 1 aliphatic heterocycles. The number of sulfonamides is 1. The van der Waals surface area contributed by atoms with Crippen molar-refractivity contribution in [3.8, 4) is 0 Å². The minimum atomic E-state index is -3.59. The van der Waals surface area contributed by atoms with Crippen LogP contribution in [0.3, 0.4) is 0 Å². The molecule has 0 unspecified atom stereocenters. The van der Waals surface area contributed by atoms with Crippen molar-refractivity contribution in [2.24, 2.45) is 0 Å². The van der Waals surface area contributed by atoms with Gasteiger partial charge in [0.1, 0.15) is 6.54 Å². The third-order valence-corrected chi connectivity index (χ3v) is 8.01. The number of carbonyl (C=O) groups excluding carboxylic acids is 1. The van der Waals surface area contributed by atoms with Gasteiger partial charge in [-0.1, -0.05) is 44.2 Å². The number of aromatic nitrogens is 1. The second kappa shape index (κ2) is 8.04. The first-order valence-electron chi connectivity index (χ1n) is 9.53. The van der Waals surface area contributed by atoms with Crippen molar-refractivity contribution in [3.63, 3.8) is 0 Å². The second-order valence-corrected chi connectivity index (χ2v) is 11.0. The summed E-state index contributed by atoms with van der Waals surface area (Å²) in [6, 6.07) is 7.01. The molecule has 2 aromatic rings. The smallest absolute Gasteiger partial charge is 0.307 e. The summed E-state index contributed by atoms with van der Waals surface area (Å²) in [7, 11) is -3.59. The molecule has 1 aromatic heterocycles. The van der Waals surface area contributed by atoms with Gasteiger partial charge < -0.3 is 4.90 Å². The molecule has 1 aromatic carbocycles. The van der Waals surface area contributed by atoms with Crippen LogP contribution in [0.15, 0.2) is 39.3 Å². The molecular formula is C20H27N3O4S2. The fourth-order valence-corrected chi connectivity index (χ4v) is 5.44. The van der Waals surface area contributed by atoms with Crippen molar-refractivity contribution in [1.82, 2.24) is 13.8 Å². The molecule has 1 saturated heterocycles. The normalized spacial score (nSPS) is 16.2. The first-order chi connectivity index (χ1) is 13.5. The number of benzene rings is 1. The van der Waals surface area contributed by atoms with Crippen molar-refractivity contribution < 1.29 is 13.2 Å². The molecule has 7 nitrogen and oxygen atoms in total. The van der Waals surface area contributed by atoms with Crippen LogP contribution in [0.1, 0.15) is 32.0 Å². The lowest BCUT2D eigenvalue weighted by molar-refractivity contribution is -0.133. The van der Waals surface area contributed by atoms with Gasteiger partial charge in [-0.3, -0.25) is 14.2 Å². The van der Waals surface area contributed by atoms with E-state index in [4.69, 9.17) is 0 Å². The Kier molecular flexibility index (Phi) is 6.03. The predicted octanol–water partition coefficient (Wildman–Crippen LogP) is 2.05. The molecule has 0 radical (unpaired) electrons. The molecule has 0 saturated carbocycles. The molecule has 0 spiro atoms. The van der Waals surface area contributed by atoms with Gasteiger partial charge in [-0.25, -0.2) is 8.42 Å². The van der Waals surface area contributed by atoms with E-state index in [9.17, 15) is 18.0 Å². The standard InChI is InChI=1S/C20H27N3O4S2/c1-15-14-28-19(25)23(15)13-18(24)21-9-11-22(12-10-21)29(26,27)17-7-5-16(6-8-17)20(2,3)4/h5-8,14H,9-13H2,1-4H3. The van der Waals surface area contributed by atoms with Crippen molar-refractivity contribution in [2.45, 2.75) is 44.6 Å². The van der Waals surface area contributed by atoms with E-state index >= 15 is 0 Å². The zero-order chi connectivity index (χ0) is 21.4. The molecule has 1 amide bonds. The Hall–Kier alpha value is -1.97. The van der Waals surface area contributed by atoms with Gasteiger partial charge >= 0.3 is 4.87 Å². The van der Waals surface area contributed by atoms with Crippen LogP contribution in [0.5, 0.6) is 0 Å². The van der Waals surface area contributed by atoms with E-state index in [1.807, 2.05) is 12.1 Å². The second-order valence-electron chi connectivity index (χ2n) is 8.29. The molecule has 0 bridgehead atoms. The van der Waals surface area contributed by atoms with E-state index in [0.717, 1.165) is 22.6 Å².